The molecule has 1 aliphatic rings. The number of benzene rings is 1. The highest BCUT2D eigenvalue weighted by Crippen LogP contribution is 2.21. The molecule has 1 fully saturated rings. The van der Waals surface area contributed by atoms with Gasteiger partial charge in [0.1, 0.15) is 5.39 Å². The summed E-state index contributed by atoms with van der Waals surface area (Å²) >= 11 is 5.93. The molecule has 2 aromatic heterocycles. The molecule has 0 saturated carbocycles. The third-order valence-corrected chi connectivity index (χ3v) is 5.22. The number of fused-ring (bicyclic) bond motifs is 1. The van der Waals surface area contributed by atoms with Crippen LogP contribution in [-0.4, -0.2) is 50.2 Å². The lowest BCUT2D eigenvalue weighted by Gasteiger charge is -2.34. The van der Waals surface area contributed by atoms with E-state index in [2.05, 4.69) is 15.1 Å². The van der Waals surface area contributed by atoms with E-state index in [1.54, 1.807) is 9.58 Å². The Morgan fingerprint density at radius 1 is 1.14 bits per heavy atom. The molecule has 0 spiro atoms. The van der Waals surface area contributed by atoms with Gasteiger partial charge < -0.3 is 9.80 Å². The number of nitrogens with zero attached hydrogens (tertiary/aromatic N) is 5. The van der Waals surface area contributed by atoms with Crippen LogP contribution in [0.1, 0.15) is 26.3 Å². The lowest BCUT2D eigenvalue weighted by Crippen LogP contribution is -2.50. The molecule has 9 heteroatoms. The normalized spacial score (nSPS) is 15.4. The lowest BCUT2D eigenvalue weighted by atomic mass is 10.1. The van der Waals surface area contributed by atoms with Crippen molar-refractivity contribution in [3.05, 3.63) is 51.4 Å². The van der Waals surface area contributed by atoms with Crippen LogP contribution >= 0.6 is 11.6 Å². The second kappa shape index (κ2) is 7.18. The zero-order valence-corrected chi connectivity index (χ0v) is 17.4. The average molecular weight is 415 g/mol. The van der Waals surface area contributed by atoms with Crippen molar-refractivity contribution in [3.63, 3.8) is 0 Å². The topological polar surface area (TPSA) is 87.1 Å². The zero-order chi connectivity index (χ0) is 20.8. The van der Waals surface area contributed by atoms with Crippen molar-refractivity contribution >= 4 is 34.5 Å². The van der Waals surface area contributed by atoms with E-state index in [1.807, 2.05) is 49.9 Å². The van der Waals surface area contributed by atoms with Crippen molar-refractivity contribution in [1.82, 2.24) is 24.6 Å². The Balaban J connectivity index is 1.56. The van der Waals surface area contributed by atoms with Crippen molar-refractivity contribution in [3.8, 4) is 0 Å². The summed E-state index contributed by atoms with van der Waals surface area (Å²) in [4.78, 5) is 36.2. The Bertz CT molecular complexity index is 1110. The maximum absolute atomic E-state index is 12.7. The van der Waals surface area contributed by atoms with Crippen LogP contribution in [0.4, 0.5) is 5.95 Å². The predicted molar refractivity (Wildman–Crippen MR) is 112 cm³/mol. The van der Waals surface area contributed by atoms with Crippen molar-refractivity contribution in [2.45, 2.75) is 32.9 Å². The van der Waals surface area contributed by atoms with Gasteiger partial charge in [0, 0.05) is 24.7 Å². The number of piperazine rings is 1. The third-order valence-electron chi connectivity index (χ3n) is 4.97. The molecular formula is C20H23ClN6O2. The maximum atomic E-state index is 12.7. The zero-order valence-electron chi connectivity index (χ0n) is 16.6. The highest BCUT2D eigenvalue weighted by atomic mass is 35.5. The van der Waals surface area contributed by atoms with Gasteiger partial charge in [-0.25, -0.2) is 4.68 Å². The molecule has 0 radical (unpaired) electrons. The van der Waals surface area contributed by atoms with Gasteiger partial charge in [-0.15, -0.1) is 0 Å². The van der Waals surface area contributed by atoms with E-state index in [0.29, 0.717) is 41.6 Å². The standard InChI is InChI=1S/C20H23ClN6O2/c1-20(2,3)27-17-15(10-22-27)18(29)24-19(23-17)26-9-8-25(16(28)12-26)11-13-4-6-14(21)7-5-13/h4-7,10H,8-9,11-12H2,1-3H3,(H,23,24,29). The van der Waals surface area contributed by atoms with E-state index in [-0.39, 0.29) is 23.6 Å². The number of aromatic amines is 1. The second-order valence-corrected chi connectivity index (χ2v) is 8.65. The van der Waals surface area contributed by atoms with Crippen LogP contribution in [0.15, 0.2) is 35.3 Å². The quantitative estimate of drug-likeness (QED) is 0.711. The molecule has 29 heavy (non-hydrogen) atoms. The Kier molecular flexibility index (Phi) is 4.82. The largest absolute Gasteiger partial charge is 0.335 e. The first-order valence-corrected chi connectivity index (χ1v) is 9.86. The molecule has 1 saturated heterocycles. The molecule has 8 nitrogen and oxygen atoms in total. The van der Waals surface area contributed by atoms with E-state index in [9.17, 15) is 9.59 Å². The summed E-state index contributed by atoms with van der Waals surface area (Å²) in [5.41, 5.74) is 0.981. The molecule has 1 N–H and O–H groups in total. The summed E-state index contributed by atoms with van der Waals surface area (Å²) in [7, 11) is 0. The van der Waals surface area contributed by atoms with Crippen molar-refractivity contribution in [2.24, 2.45) is 0 Å². The van der Waals surface area contributed by atoms with Crippen LogP contribution < -0.4 is 10.5 Å². The summed E-state index contributed by atoms with van der Waals surface area (Å²) in [6, 6.07) is 7.48. The van der Waals surface area contributed by atoms with Crippen molar-refractivity contribution in [1.29, 1.82) is 0 Å². The summed E-state index contributed by atoms with van der Waals surface area (Å²) in [6.45, 7) is 7.82. The number of rotatable bonds is 3. The first-order chi connectivity index (χ1) is 13.7. The first-order valence-electron chi connectivity index (χ1n) is 9.48. The minimum atomic E-state index is -0.313. The summed E-state index contributed by atoms with van der Waals surface area (Å²) in [5, 5.41) is 5.44. The Morgan fingerprint density at radius 2 is 1.86 bits per heavy atom. The van der Waals surface area contributed by atoms with Gasteiger partial charge in [-0.2, -0.15) is 10.1 Å². The Morgan fingerprint density at radius 3 is 2.52 bits per heavy atom. The van der Waals surface area contributed by atoms with Crippen LogP contribution in [0.25, 0.3) is 11.0 Å². The number of aromatic nitrogens is 4. The Hall–Kier alpha value is -2.87. The molecule has 152 valence electrons. The molecule has 3 aromatic rings. The van der Waals surface area contributed by atoms with Crippen LogP contribution in [0.3, 0.4) is 0 Å². The lowest BCUT2D eigenvalue weighted by molar-refractivity contribution is -0.131. The monoisotopic (exact) mass is 414 g/mol. The van der Waals surface area contributed by atoms with Gasteiger partial charge in [-0.3, -0.25) is 14.6 Å². The van der Waals surface area contributed by atoms with Gasteiger partial charge >= 0.3 is 0 Å². The van der Waals surface area contributed by atoms with E-state index in [1.165, 1.54) is 6.20 Å². The van der Waals surface area contributed by atoms with E-state index in [4.69, 9.17) is 11.6 Å². The molecular weight excluding hydrogens is 392 g/mol. The van der Waals surface area contributed by atoms with Crippen LogP contribution in [0.2, 0.25) is 5.02 Å². The van der Waals surface area contributed by atoms with E-state index < -0.39 is 0 Å². The highest BCUT2D eigenvalue weighted by Gasteiger charge is 2.27. The fourth-order valence-electron chi connectivity index (χ4n) is 3.41. The van der Waals surface area contributed by atoms with Gasteiger partial charge in [0.05, 0.1) is 18.3 Å². The minimum absolute atomic E-state index is 0.0155. The number of nitrogens with one attached hydrogen (secondary N) is 1. The number of H-pyrrole nitrogens is 1. The van der Waals surface area contributed by atoms with E-state index in [0.717, 1.165) is 5.56 Å². The molecule has 4 rings (SSSR count). The fourth-order valence-corrected chi connectivity index (χ4v) is 3.54. The number of anilines is 1. The first kappa shape index (κ1) is 19.4. The number of carbonyl (C=O) groups excluding carboxylic acids is 1. The van der Waals surface area contributed by atoms with Crippen molar-refractivity contribution < 1.29 is 4.79 Å². The van der Waals surface area contributed by atoms with Gasteiger partial charge in [-0.05, 0) is 38.5 Å². The smallest absolute Gasteiger partial charge is 0.263 e. The van der Waals surface area contributed by atoms with Crippen molar-refractivity contribution in [2.75, 3.05) is 24.5 Å². The SMILES string of the molecule is CC(C)(C)n1ncc2c(=O)[nH]c(N3CCN(Cc4ccc(Cl)cc4)C(=O)C3)nc21. The summed E-state index contributed by atoms with van der Waals surface area (Å²) in [5.74, 6) is 0.381. The Labute approximate surface area is 173 Å². The molecule has 0 aliphatic carbocycles. The van der Waals surface area contributed by atoms with E-state index >= 15 is 0 Å². The van der Waals surface area contributed by atoms with Gasteiger partial charge in [0.15, 0.2) is 5.65 Å². The van der Waals surface area contributed by atoms with Crippen LogP contribution in [0, 0.1) is 0 Å². The summed E-state index contributed by atoms with van der Waals surface area (Å²) < 4.78 is 1.74. The van der Waals surface area contributed by atoms with Gasteiger partial charge in [-0.1, -0.05) is 23.7 Å². The fraction of sp³-hybridized carbons (Fsp3) is 0.400. The molecule has 1 aromatic carbocycles. The summed E-state index contributed by atoms with van der Waals surface area (Å²) in [6.07, 6.45) is 1.53. The number of halogens is 1. The number of hydrogen-bond acceptors (Lipinski definition) is 5. The molecule has 0 atom stereocenters. The third kappa shape index (κ3) is 3.85. The molecule has 0 unspecified atom stereocenters. The molecule has 0 bridgehead atoms. The van der Waals surface area contributed by atoms with Gasteiger partial charge in [0.25, 0.3) is 5.56 Å². The second-order valence-electron chi connectivity index (χ2n) is 8.22. The van der Waals surface area contributed by atoms with Crippen LogP contribution in [-0.2, 0) is 16.9 Å². The molecule has 1 aliphatic heterocycles. The molecule has 1 amide bonds. The highest BCUT2D eigenvalue weighted by molar-refractivity contribution is 6.30. The number of amides is 1. The number of carbonyl (C=O) groups is 1. The predicted octanol–water partition coefficient (Wildman–Crippen LogP) is 2.38. The van der Waals surface area contributed by atoms with Crippen LogP contribution in [0.5, 0.6) is 0 Å². The number of hydrogen-bond donors (Lipinski definition) is 1. The molecule has 3 heterocycles. The van der Waals surface area contributed by atoms with Gasteiger partial charge in [0.2, 0.25) is 11.9 Å². The average Bonchev–Trinajstić information content (AvgIpc) is 3.10. The minimum Gasteiger partial charge on any atom is -0.335 e. The maximum Gasteiger partial charge on any atom is 0.263 e.